The molecule has 0 fully saturated rings. The molecule has 16 heavy (non-hydrogen) atoms. The highest BCUT2D eigenvalue weighted by Gasteiger charge is 2.36. The molecule has 0 bridgehead atoms. The van der Waals surface area contributed by atoms with E-state index in [2.05, 4.69) is 17.4 Å². The van der Waals surface area contributed by atoms with Crippen LogP contribution in [0.15, 0.2) is 18.2 Å². The Hall–Kier alpha value is -1.06. The Morgan fingerprint density at radius 2 is 2.31 bits per heavy atom. The molecule has 0 amide bonds. The van der Waals surface area contributed by atoms with Gasteiger partial charge < -0.3 is 15.2 Å². The molecule has 88 valence electrons. The predicted octanol–water partition coefficient (Wildman–Crippen LogP) is 1.44. The zero-order chi connectivity index (χ0) is 11.6. The van der Waals surface area contributed by atoms with Gasteiger partial charge in [-0.3, -0.25) is 0 Å². The molecule has 1 aliphatic rings. The lowest BCUT2D eigenvalue weighted by molar-refractivity contribution is 0.216. The Balaban J connectivity index is 2.42. The third kappa shape index (κ3) is 1.70. The molecule has 1 aromatic carbocycles. The van der Waals surface area contributed by atoms with Gasteiger partial charge in [-0.2, -0.15) is 0 Å². The first-order valence-corrected chi connectivity index (χ1v) is 5.73. The van der Waals surface area contributed by atoms with Gasteiger partial charge in [-0.15, -0.1) is 0 Å². The van der Waals surface area contributed by atoms with Crippen molar-refractivity contribution in [2.24, 2.45) is 0 Å². The van der Waals surface area contributed by atoms with Gasteiger partial charge >= 0.3 is 0 Å². The molecule has 0 saturated carbocycles. The Morgan fingerprint density at radius 3 is 2.94 bits per heavy atom. The van der Waals surface area contributed by atoms with Gasteiger partial charge in [0.15, 0.2) is 0 Å². The van der Waals surface area contributed by atoms with E-state index in [0.29, 0.717) is 0 Å². The highest BCUT2D eigenvalue weighted by Crippen LogP contribution is 2.40. The Morgan fingerprint density at radius 1 is 1.50 bits per heavy atom. The molecule has 2 N–H and O–H groups in total. The molecule has 0 radical (unpaired) electrons. The summed E-state index contributed by atoms with van der Waals surface area (Å²) in [6, 6.07) is 6.22. The van der Waals surface area contributed by atoms with Gasteiger partial charge in [-0.25, -0.2) is 0 Å². The summed E-state index contributed by atoms with van der Waals surface area (Å²) in [5.41, 5.74) is 2.57. The first kappa shape index (κ1) is 11.4. The fourth-order valence-electron chi connectivity index (χ4n) is 2.66. The van der Waals surface area contributed by atoms with Crippen molar-refractivity contribution in [1.29, 1.82) is 0 Å². The molecule has 0 spiro atoms. The smallest absolute Gasteiger partial charge is 0.119 e. The average Bonchev–Trinajstić information content (AvgIpc) is 2.69. The van der Waals surface area contributed by atoms with Crippen molar-refractivity contribution in [1.82, 2.24) is 5.32 Å². The summed E-state index contributed by atoms with van der Waals surface area (Å²) in [4.78, 5) is 0. The summed E-state index contributed by atoms with van der Waals surface area (Å²) < 4.78 is 5.27. The van der Waals surface area contributed by atoms with Crippen LogP contribution in [0.4, 0.5) is 0 Å². The second-order valence-corrected chi connectivity index (χ2v) is 4.33. The number of benzene rings is 1. The van der Waals surface area contributed by atoms with E-state index in [1.165, 1.54) is 11.1 Å². The topological polar surface area (TPSA) is 41.5 Å². The number of aryl methyl sites for hydroxylation is 1. The van der Waals surface area contributed by atoms with Crippen LogP contribution in [0.3, 0.4) is 0 Å². The number of fused-ring (bicyclic) bond motifs is 1. The van der Waals surface area contributed by atoms with Crippen molar-refractivity contribution in [2.45, 2.75) is 24.8 Å². The Bertz CT molecular complexity index is 374. The number of aliphatic hydroxyl groups excluding tert-OH is 1. The van der Waals surface area contributed by atoms with Crippen molar-refractivity contribution < 1.29 is 9.84 Å². The van der Waals surface area contributed by atoms with E-state index in [1.807, 2.05) is 13.1 Å². The van der Waals surface area contributed by atoms with Crippen LogP contribution in [0.2, 0.25) is 0 Å². The molecule has 1 unspecified atom stereocenters. The second-order valence-electron chi connectivity index (χ2n) is 4.33. The monoisotopic (exact) mass is 221 g/mol. The zero-order valence-electron chi connectivity index (χ0n) is 9.92. The first-order chi connectivity index (χ1) is 7.75. The molecule has 1 aromatic rings. The highest BCUT2D eigenvalue weighted by atomic mass is 16.5. The molecule has 0 aliphatic heterocycles. The lowest BCUT2D eigenvalue weighted by atomic mass is 9.88. The number of hydrogen-bond acceptors (Lipinski definition) is 3. The summed E-state index contributed by atoms with van der Waals surface area (Å²) >= 11 is 0. The molecule has 0 aromatic heterocycles. The molecule has 3 heteroatoms. The van der Waals surface area contributed by atoms with E-state index < -0.39 is 0 Å². The van der Waals surface area contributed by atoms with Crippen molar-refractivity contribution in [3.8, 4) is 5.75 Å². The number of rotatable bonds is 4. The fourth-order valence-corrected chi connectivity index (χ4v) is 2.66. The van der Waals surface area contributed by atoms with Gasteiger partial charge in [-0.1, -0.05) is 6.07 Å². The van der Waals surface area contributed by atoms with E-state index in [0.717, 1.165) is 25.0 Å². The lowest BCUT2D eigenvalue weighted by Gasteiger charge is -2.29. The Labute approximate surface area is 96.4 Å². The van der Waals surface area contributed by atoms with E-state index in [4.69, 9.17) is 4.74 Å². The van der Waals surface area contributed by atoms with Gasteiger partial charge in [0.05, 0.1) is 7.11 Å². The van der Waals surface area contributed by atoms with Crippen LogP contribution in [0.1, 0.15) is 24.0 Å². The maximum Gasteiger partial charge on any atom is 0.119 e. The van der Waals surface area contributed by atoms with Gasteiger partial charge in [0.2, 0.25) is 0 Å². The van der Waals surface area contributed by atoms with Crippen molar-refractivity contribution >= 4 is 0 Å². The van der Waals surface area contributed by atoms with E-state index in [-0.39, 0.29) is 12.1 Å². The molecular weight excluding hydrogens is 202 g/mol. The SMILES string of the molecule is CNC1(CCO)CCc2ccc(OC)cc21. The van der Waals surface area contributed by atoms with Crippen LogP contribution in [0.25, 0.3) is 0 Å². The van der Waals surface area contributed by atoms with E-state index in [9.17, 15) is 5.11 Å². The van der Waals surface area contributed by atoms with Gasteiger partial charge in [0.1, 0.15) is 5.75 Å². The van der Waals surface area contributed by atoms with Crippen LogP contribution in [0, 0.1) is 0 Å². The summed E-state index contributed by atoms with van der Waals surface area (Å²) in [5, 5.41) is 12.6. The first-order valence-electron chi connectivity index (χ1n) is 5.73. The average molecular weight is 221 g/mol. The van der Waals surface area contributed by atoms with Crippen LogP contribution in [-0.4, -0.2) is 25.9 Å². The summed E-state index contributed by atoms with van der Waals surface area (Å²) in [6.07, 6.45) is 2.87. The third-order valence-corrected chi connectivity index (χ3v) is 3.67. The molecule has 0 saturated heterocycles. The maximum absolute atomic E-state index is 9.20. The van der Waals surface area contributed by atoms with E-state index >= 15 is 0 Å². The van der Waals surface area contributed by atoms with Crippen LogP contribution in [0.5, 0.6) is 5.75 Å². The molecular formula is C13H19NO2. The molecule has 1 atom stereocenters. The number of hydrogen-bond donors (Lipinski definition) is 2. The Kier molecular flexibility index (Phi) is 3.17. The van der Waals surface area contributed by atoms with Gasteiger partial charge in [0.25, 0.3) is 0 Å². The largest absolute Gasteiger partial charge is 0.497 e. The summed E-state index contributed by atoms with van der Waals surface area (Å²) in [5.74, 6) is 0.887. The number of aliphatic hydroxyl groups is 1. The minimum atomic E-state index is -0.0708. The zero-order valence-corrected chi connectivity index (χ0v) is 9.92. The quantitative estimate of drug-likeness (QED) is 0.808. The fraction of sp³-hybridized carbons (Fsp3) is 0.538. The van der Waals surface area contributed by atoms with Crippen LogP contribution < -0.4 is 10.1 Å². The highest BCUT2D eigenvalue weighted by molar-refractivity contribution is 5.44. The lowest BCUT2D eigenvalue weighted by Crippen LogP contribution is -2.38. The van der Waals surface area contributed by atoms with Gasteiger partial charge in [0, 0.05) is 12.1 Å². The number of methoxy groups -OCH3 is 1. The van der Waals surface area contributed by atoms with Crippen LogP contribution >= 0.6 is 0 Å². The third-order valence-electron chi connectivity index (χ3n) is 3.67. The minimum Gasteiger partial charge on any atom is -0.497 e. The van der Waals surface area contributed by atoms with Crippen molar-refractivity contribution in [2.75, 3.05) is 20.8 Å². The predicted molar refractivity (Wildman–Crippen MR) is 63.8 cm³/mol. The van der Waals surface area contributed by atoms with Crippen LogP contribution in [-0.2, 0) is 12.0 Å². The van der Waals surface area contributed by atoms with Crippen molar-refractivity contribution in [3.05, 3.63) is 29.3 Å². The van der Waals surface area contributed by atoms with Crippen molar-refractivity contribution in [3.63, 3.8) is 0 Å². The molecule has 2 rings (SSSR count). The second kappa shape index (κ2) is 4.44. The standard InChI is InChI=1S/C13H19NO2/c1-14-13(7-8-15)6-5-10-3-4-11(16-2)9-12(10)13/h3-4,9,14-15H,5-8H2,1-2H3. The molecule has 0 heterocycles. The van der Waals surface area contributed by atoms with Gasteiger partial charge in [-0.05, 0) is 49.6 Å². The molecule has 3 nitrogen and oxygen atoms in total. The van der Waals surface area contributed by atoms with E-state index in [1.54, 1.807) is 7.11 Å². The maximum atomic E-state index is 9.20. The minimum absolute atomic E-state index is 0.0708. The number of nitrogens with one attached hydrogen (secondary N) is 1. The number of ether oxygens (including phenoxy) is 1. The normalized spacial score (nSPS) is 23.2. The molecule has 1 aliphatic carbocycles. The summed E-state index contributed by atoms with van der Waals surface area (Å²) in [7, 11) is 3.65. The summed E-state index contributed by atoms with van der Waals surface area (Å²) in [6.45, 7) is 0.206.